The Morgan fingerprint density at radius 1 is 1.15 bits per heavy atom. The van der Waals surface area contributed by atoms with Gasteiger partial charge in [0.05, 0.1) is 16.7 Å². The summed E-state index contributed by atoms with van der Waals surface area (Å²) in [4.78, 5) is 21.6. The van der Waals surface area contributed by atoms with E-state index in [1.165, 1.54) is 12.8 Å². The monoisotopic (exact) mass is 365 g/mol. The molecule has 3 saturated carbocycles. The van der Waals surface area contributed by atoms with Crippen molar-refractivity contribution in [2.75, 3.05) is 0 Å². The van der Waals surface area contributed by atoms with Gasteiger partial charge in [-0.25, -0.2) is 0 Å². The Morgan fingerprint density at radius 2 is 1.89 bits per heavy atom. The van der Waals surface area contributed by atoms with Crippen molar-refractivity contribution in [3.63, 3.8) is 0 Å². The SMILES string of the molecule is CC(C)(O)C1CC2(CC(NC(=O)c3cnc4cc(C5CC5)ncc4c3)C2)C1. The Morgan fingerprint density at radius 3 is 2.56 bits per heavy atom. The molecule has 2 aromatic heterocycles. The summed E-state index contributed by atoms with van der Waals surface area (Å²) in [5.74, 6) is 0.952. The second-order valence-electron chi connectivity index (χ2n) is 9.64. The number of rotatable bonds is 4. The molecular weight excluding hydrogens is 338 g/mol. The number of amides is 1. The van der Waals surface area contributed by atoms with Crippen molar-refractivity contribution in [2.45, 2.75) is 69.9 Å². The third-order valence-electron chi connectivity index (χ3n) is 6.90. The van der Waals surface area contributed by atoms with Crippen LogP contribution in [-0.2, 0) is 0 Å². The van der Waals surface area contributed by atoms with Crippen molar-refractivity contribution in [1.82, 2.24) is 15.3 Å². The molecule has 2 N–H and O–H groups in total. The minimum absolute atomic E-state index is 0.0473. The third-order valence-corrected chi connectivity index (χ3v) is 6.90. The number of aliphatic hydroxyl groups is 1. The van der Waals surface area contributed by atoms with Crippen LogP contribution in [0.15, 0.2) is 24.5 Å². The number of nitrogens with zero attached hydrogens (tertiary/aromatic N) is 2. The number of carbonyl (C=O) groups excluding carboxylic acids is 1. The average Bonchev–Trinajstić information content (AvgIpc) is 3.38. The highest BCUT2D eigenvalue weighted by molar-refractivity contribution is 5.97. The van der Waals surface area contributed by atoms with Gasteiger partial charge in [0.1, 0.15) is 0 Å². The summed E-state index contributed by atoms with van der Waals surface area (Å²) in [7, 11) is 0. The van der Waals surface area contributed by atoms with Crippen molar-refractivity contribution in [1.29, 1.82) is 0 Å². The van der Waals surface area contributed by atoms with Crippen molar-refractivity contribution in [3.05, 3.63) is 35.8 Å². The van der Waals surface area contributed by atoms with Gasteiger partial charge in [-0.3, -0.25) is 14.8 Å². The van der Waals surface area contributed by atoms with E-state index in [-0.39, 0.29) is 11.9 Å². The first-order valence-corrected chi connectivity index (χ1v) is 10.1. The van der Waals surface area contributed by atoms with Gasteiger partial charge < -0.3 is 10.4 Å². The van der Waals surface area contributed by atoms with Crippen LogP contribution in [0.4, 0.5) is 0 Å². The summed E-state index contributed by atoms with van der Waals surface area (Å²) in [6, 6.07) is 4.19. The lowest BCUT2D eigenvalue weighted by molar-refractivity contribution is -0.127. The van der Waals surface area contributed by atoms with E-state index >= 15 is 0 Å². The second kappa shape index (κ2) is 5.74. The van der Waals surface area contributed by atoms with Crippen LogP contribution in [0.2, 0.25) is 0 Å². The number of aromatic nitrogens is 2. The quantitative estimate of drug-likeness (QED) is 0.869. The van der Waals surface area contributed by atoms with E-state index in [9.17, 15) is 9.90 Å². The first-order valence-electron chi connectivity index (χ1n) is 10.1. The van der Waals surface area contributed by atoms with E-state index in [1.54, 1.807) is 6.20 Å². The topological polar surface area (TPSA) is 75.1 Å². The Labute approximate surface area is 159 Å². The lowest BCUT2D eigenvalue weighted by Gasteiger charge is -2.60. The highest BCUT2D eigenvalue weighted by Crippen LogP contribution is 2.61. The average molecular weight is 365 g/mol. The molecule has 0 saturated heterocycles. The molecule has 27 heavy (non-hydrogen) atoms. The summed E-state index contributed by atoms with van der Waals surface area (Å²) < 4.78 is 0. The molecular formula is C22H27N3O2. The van der Waals surface area contributed by atoms with Crippen LogP contribution in [0.3, 0.4) is 0 Å². The van der Waals surface area contributed by atoms with Crippen LogP contribution in [0.25, 0.3) is 10.9 Å². The Bertz CT molecular complexity index is 899. The van der Waals surface area contributed by atoms with Gasteiger partial charge in [-0.2, -0.15) is 0 Å². The highest BCUT2D eigenvalue weighted by atomic mass is 16.3. The largest absolute Gasteiger partial charge is 0.390 e. The number of fused-ring (bicyclic) bond motifs is 1. The lowest BCUT2D eigenvalue weighted by atomic mass is 9.47. The third kappa shape index (κ3) is 3.12. The van der Waals surface area contributed by atoms with Crippen molar-refractivity contribution in [3.8, 4) is 0 Å². The maximum Gasteiger partial charge on any atom is 0.253 e. The van der Waals surface area contributed by atoms with Gasteiger partial charge in [-0.15, -0.1) is 0 Å². The molecule has 3 aliphatic carbocycles. The van der Waals surface area contributed by atoms with Crippen LogP contribution in [0.1, 0.15) is 74.3 Å². The van der Waals surface area contributed by atoms with E-state index < -0.39 is 5.60 Å². The minimum atomic E-state index is -0.580. The van der Waals surface area contributed by atoms with Crippen molar-refractivity contribution in [2.24, 2.45) is 11.3 Å². The molecule has 3 aliphatic rings. The van der Waals surface area contributed by atoms with E-state index in [0.717, 1.165) is 42.3 Å². The molecule has 1 amide bonds. The fourth-order valence-electron chi connectivity index (χ4n) is 4.94. The first kappa shape index (κ1) is 17.1. The number of hydrogen-bond acceptors (Lipinski definition) is 4. The van der Waals surface area contributed by atoms with Gasteiger partial charge in [-0.1, -0.05) is 0 Å². The maximum absolute atomic E-state index is 12.6. The number of nitrogens with one attached hydrogen (secondary N) is 1. The van der Waals surface area contributed by atoms with Crippen LogP contribution in [0.5, 0.6) is 0 Å². The fraction of sp³-hybridized carbons (Fsp3) is 0.591. The molecule has 5 nitrogen and oxygen atoms in total. The minimum Gasteiger partial charge on any atom is -0.390 e. The molecule has 2 aromatic rings. The second-order valence-corrected chi connectivity index (χ2v) is 9.64. The van der Waals surface area contributed by atoms with E-state index in [2.05, 4.69) is 21.4 Å². The zero-order valence-electron chi connectivity index (χ0n) is 16.0. The van der Waals surface area contributed by atoms with Crippen LogP contribution < -0.4 is 5.32 Å². The zero-order valence-corrected chi connectivity index (χ0v) is 16.0. The predicted octanol–water partition coefficient (Wildman–Crippen LogP) is 3.57. The molecule has 0 bridgehead atoms. The molecule has 0 aliphatic heterocycles. The molecule has 0 unspecified atom stereocenters. The molecule has 3 fully saturated rings. The van der Waals surface area contributed by atoms with Gasteiger partial charge in [-0.05, 0) is 75.8 Å². The molecule has 5 rings (SSSR count). The number of carbonyl (C=O) groups is 1. The number of pyridine rings is 2. The first-order chi connectivity index (χ1) is 12.8. The smallest absolute Gasteiger partial charge is 0.253 e. The molecule has 0 atom stereocenters. The van der Waals surface area contributed by atoms with Gasteiger partial charge in [0.2, 0.25) is 0 Å². The molecule has 0 aromatic carbocycles. The van der Waals surface area contributed by atoms with Gasteiger partial charge in [0, 0.05) is 35.4 Å². The Balaban J connectivity index is 1.20. The summed E-state index contributed by atoms with van der Waals surface area (Å²) in [6.45, 7) is 3.80. The highest BCUT2D eigenvalue weighted by Gasteiger charge is 2.56. The van der Waals surface area contributed by atoms with E-state index in [0.29, 0.717) is 22.8 Å². The Hall–Kier alpha value is -2.01. The normalized spacial score (nSPS) is 30.0. The predicted molar refractivity (Wildman–Crippen MR) is 103 cm³/mol. The van der Waals surface area contributed by atoms with Gasteiger partial charge >= 0.3 is 0 Å². The maximum atomic E-state index is 12.6. The van der Waals surface area contributed by atoms with Gasteiger partial charge in [0.15, 0.2) is 0 Å². The van der Waals surface area contributed by atoms with Crippen LogP contribution in [0, 0.1) is 11.3 Å². The van der Waals surface area contributed by atoms with E-state index in [4.69, 9.17) is 0 Å². The fourth-order valence-corrected chi connectivity index (χ4v) is 4.94. The van der Waals surface area contributed by atoms with E-state index in [1.807, 2.05) is 26.1 Å². The summed E-state index contributed by atoms with van der Waals surface area (Å²) in [5.41, 5.74) is 2.42. The summed E-state index contributed by atoms with van der Waals surface area (Å²) in [6.07, 6.45) is 10.2. The summed E-state index contributed by atoms with van der Waals surface area (Å²) >= 11 is 0. The standard InChI is InChI=1S/C22H27N3O2/c1-21(2,27)16-7-22(8-16)9-17(10-22)25-20(26)15-5-14-11-23-18(13-3-4-13)6-19(14)24-12-15/h5-6,11-13,16-17,27H,3-4,7-10H2,1-2H3,(H,25,26). The van der Waals surface area contributed by atoms with Gasteiger partial charge in [0.25, 0.3) is 5.91 Å². The number of hydrogen-bond donors (Lipinski definition) is 2. The molecule has 5 heteroatoms. The zero-order chi connectivity index (χ0) is 18.8. The van der Waals surface area contributed by atoms with Crippen molar-refractivity contribution < 1.29 is 9.90 Å². The van der Waals surface area contributed by atoms with Crippen LogP contribution in [-0.4, -0.2) is 32.6 Å². The lowest BCUT2D eigenvalue weighted by Crippen LogP contribution is -2.59. The molecule has 142 valence electrons. The summed E-state index contributed by atoms with van der Waals surface area (Å²) in [5, 5.41) is 14.2. The molecule has 1 spiro atoms. The Kier molecular flexibility index (Phi) is 3.64. The molecule has 0 radical (unpaired) electrons. The van der Waals surface area contributed by atoms with Crippen molar-refractivity contribution >= 4 is 16.8 Å². The molecule has 2 heterocycles. The van der Waals surface area contributed by atoms with Crippen LogP contribution >= 0.6 is 0 Å².